The second-order valence-electron chi connectivity index (χ2n) is 9.98. The predicted octanol–water partition coefficient (Wildman–Crippen LogP) is 5.67. The molecule has 2 saturated heterocycles. The van der Waals surface area contributed by atoms with Crippen molar-refractivity contribution in [1.29, 1.82) is 0 Å². The van der Waals surface area contributed by atoms with Crippen molar-refractivity contribution in [2.75, 3.05) is 26.4 Å². The zero-order chi connectivity index (χ0) is 25.9. The zero-order valence-corrected chi connectivity index (χ0v) is 21.2. The van der Waals surface area contributed by atoms with E-state index < -0.39 is 11.9 Å². The van der Waals surface area contributed by atoms with Gasteiger partial charge in [0.05, 0.1) is 24.3 Å². The van der Waals surface area contributed by atoms with E-state index in [4.69, 9.17) is 18.9 Å². The molecule has 0 radical (unpaired) electrons. The lowest BCUT2D eigenvalue weighted by atomic mass is 9.86. The van der Waals surface area contributed by atoms with E-state index in [1.807, 2.05) is 0 Å². The van der Waals surface area contributed by atoms with Crippen molar-refractivity contribution in [2.45, 2.75) is 37.9 Å². The van der Waals surface area contributed by atoms with Gasteiger partial charge in [-0.3, -0.25) is 0 Å². The van der Waals surface area contributed by atoms with Gasteiger partial charge in [-0.2, -0.15) is 0 Å². The third kappa shape index (κ3) is 5.72. The van der Waals surface area contributed by atoms with E-state index in [-0.39, 0.29) is 25.4 Å². The second kappa shape index (κ2) is 10.9. The molecule has 0 spiro atoms. The number of fused-ring (bicyclic) bond motifs is 5. The van der Waals surface area contributed by atoms with Crippen LogP contribution < -0.4 is 0 Å². The van der Waals surface area contributed by atoms with Crippen LogP contribution in [-0.4, -0.2) is 50.6 Å². The Balaban J connectivity index is 0.000000140. The second-order valence-corrected chi connectivity index (χ2v) is 9.98. The lowest BCUT2D eigenvalue weighted by molar-refractivity contribution is 0.0463. The normalized spacial score (nSPS) is 19.2. The number of hydrogen-bond donors (Lipinski definition) is 0. The van der Waals surface area contributed by atoms with Crippen LogP contribution in [0.5, 0.6) is 0 Å². The van der Waals surface area contributed by atoms with Gasteiger partial charge in [0.15, 0.2) is 0 Å². The zero-order valence-electron chi connectivity index (χ0n) is 21.2. The Hall–Kier alpha value is -3.74. The van der Waals surface area contributed by atoms with Crippen LogP contribution >= 0.6 is 0 Å². The number of carbonyl (C=O) groups excluding carboxylic acids is 2. The van der Waals surface area contributed by atoms with Gasteiger partial charge < -0.3 is 18.9 Å². The average Bonchev–Trinajstić information content (AvgIpc) is 3.90. The highest BCUT2D eigenvalue weighted by molar-refractivity contribution is 6.08. The highest BCUT2D eigenvalue weighted by atomic mass is 16.6. The molecular weight excluding hydrogens is 480 g/mol. The van der Waals surface area contributed by atoms with Gasteiger partial charge in [-0.1, -0.05) is 48.5 Å². The molecule has 6 heteroatoms. The molecule has 194 valence electrons. The quantitative estimate of drug-likeness (QED) is 0.189. The number of rotatable bonds is 6. The molecule has 0 bridgehead atoms. The Kier molecular flexibility index (Phi) is 7.08. The molecule has 2 heterocycles. The van der Waals surface area contributed by atoms with Gasteiger partial charge in [-0.15, -0.1) is 0 Å². The van der Waals surface area contributed by atoms with Gasteiger partial charge >= 0.3 is 11.9 Å². The van der Waals surface area contributed by atoms with E-state index in [1.54, 1.807) is 35.4 Å². The molecule has 1 aliphatic carbocycles. The van der Waals surface area contributed by atoms with Crippen molar-refractivity contribution in [3.8, 4) is 0 Å². The summed E-state index contributed by atoms with van der Waals surface area (Å²) in [6, 6.07) is 24.1. The summed E-state index contributed by atoms with van der Waals surface area (Å²) in [7, 11) is 0. The Morgan fingerprint density at radius 1 is 0.658 bits per heavy atom. The summed E-state index contributed by atoms with van der Waals surface area (Å²) in [6.07, 6.45) is 5.30. The van der Waals surface area contributed by atoms with E-state index in [9.17, 15) is 9.59 Å². The predicted molar refractivity (Wildman–Crippen MR) is 145 cm³/mol. The summed E-state index contributed by atoms with van der Waals surface area (Å²) in [4.78, 5) is 23.3. The highest BCUT2D eigenvalue weighted by Crippen LogP contribution is 2.33. The maximum atomic E-state index is 11.7. The number of benzene rings is 4. The molecule has 2 fully saturated rings. The molecule has 2 atom stereocenters. The van der Waals surface area contributed by atoms with Crippen LogP contribution in [0.3, 0.4) is 0 Å². The van der Waals surface area contributed by atoms with E-state index in [0.717, 1.165) is 0 Å². The first-order valence-electron chi connectivity index (χ1n) is 13.3. The van der Waals surface area contributed by atoms with Crippen molar-refractivity contribution in [1.82, 2.24) is 0 Å². The molecule has 4 aromatic carbocycles. The molecule has 4 aromatic rings. The van der Waals surface area contributed by atoms with Crippen LogP contribution in [0.1, 0.15) is 44.7 Å². The lowest BCUT2D eigenvalue weighted by Gasteiger charge is -2.18. The summed E-state index contributed by atoms with van der Waals surface area (Å²) >= 11 is 0. The van der Waals surface area contributed by atoms with E-state index in [2.05, 4.69) is 48.5 Å². The van der Waals surface area contributed by atoms with Gasteiger partial charge in [0.25, 0.3) is 0 Å². The summed E-state index contributed by atoms with van der Waals surface area (Å²) in [5.41, 5.74) is 3.97. The number of esters is 2. The third-order valence-electron chi connectivity index (χ3n) is 7.22. The monoisotopic (exact) mass is 510 g/mol. The number of ether oxygens (including phenoxy) is 4. The standard InChI is InChI=1S/C18H16.C14H14O6/c1-3-7-15-13(5-1)9-11-18-16-8-4-2-6-14(16)10-12-17(15)18;15-13(19-7-11-5-17-11)9-1-2-10(4-3-9)14(16)20-8-12-6-18-12/h1,3,5,7,9-12H,2,4,6,8H2;1-4,11-12H,5-8H2. The Labute approximate surface area is 221 Å². The van der Waals surface area contributed by atoms with Gasteiger partial charge in [0.2, 0.25) is 0 Å². The van der Waals surface area contributed by atoms with Gasteiger partial charge in [-0.25, -0.2) is 9.59 Å². The molecule has 0 aromatic heterocycles. The fourth-order valence-corrected chi connectivity index (χ4v) is 4.92. The van der Waals surface area contributed by atoms with Crippen molar-refractivity contribution >= 4 is 33.5 Å². The molecule has 6 nitrogen and oxygen atoms in total. The molecular formula is C32H30O6. The smallest absolute Gasteiger partial charge is 0.338 e. The Morgan fingerprint density at radius 2 is 1.24 bits per heavy atom. The minimum atomic E-state index is -0.424. The first kappa shape index (κ1) is 24.6. The van der Waals surface area contributed by atoms with Crippen LogP contribution in [-0.2, 0) is 31.8 Å². The van der Waals surface area contributed by atoms with Crippen molar-refractivity contribution in [3.63, 3.8) is 0 Å². The van der Waals surface area contributed by atoms with E-state index in [1.165, 1.54) is 47.2 Å². The Bertz CT molecular complexity index is 1420. The van der Waals surface area contributed by atoms with Crippen LogP contribution in [0.25, 0.3) is 21.5 Å². The Morgan fingerprint density at radius 3 is 1.87 bits per heavy atom. The van der Waals surface area contributed by atoms with Gasteiger partial charge in [0.1, 0.15) is 25.4 Å². The number of carbonyl (C=O) groups is 2. The maximum Gasteiger partial charge on any atom is 0.338 e. The molecule has 2 unspecified atom stereocenters. The van der Waals surface area contributed by atoms with Gasteiger partial charge in [-0.05, 0) is 82.6 Å². The van der Waals surface area contributed by atoms with Crippen LogP contribution in [0.4, 0.5) is 0 Å². The fourth-order valence-electron chi connectivity index (χ4n) is 4.92. The number of aryl methyl sites for hydroxylation is 2. The third-order valence-corrected chi connectivity index (χ3v) is 7.22. The molecule has 38 heavy (non-hydrogen) atoms. The molecule has 0 amide bonds. The minimum Gasteiger partial charge on any atom is -0.459 e. The first-order chi connectivity index (χ1) is 18.7. The SMILES string of the molecule is O=C(OCC1CO1)c1ccc(C(=O)OCC2CO2)cc1.c1ccc2c(c1)ccc1c3c(ccc12)CCCC3. The summed E-state index contributed by atoms with van der Waals surface area (Å²) in [5, 5.41) is 5.64. The molecule has 2 aliphatic heterocycles. The van der Waals surface area contributed by atoms with Crippen molar-refractivity contribution < 1.29 is 28.5 Å². The average molecular weight is 511 g/mol. The molecule has 0 saturated carbocycles. The summed E-state index contributed by atoms with van der Waals surface area (Å²) < 4.78 is 20.0. The lowest BCUT2D eigenvalue weighted by Crippen LogP contribution is -2.12. The fraction of sp³-hybridized carbons (Fsp3) is 0.312. The summed E-state index contributed by atoms with van der Waals surface area (Å²) in [5.74, 6) is -0.849. The number of hydrogen-bond acceptors (Lipinski definition) is 6. The molecule has 3 aliphatic rings. The van der Waals surface area contributed by atoms with Crippen LogP contribution in [0.15, 0.2) is 72.8 Å². The largest absolute Gasteiger partial charge is 0.459 e. The van der Waals surface area contributed by atoms with Crippen LogP contribution in [0.2, 0.25) is 0 Å². The number of epoxide rings is 2. The van der Waals surface area contributed by atoms with Crippen LogP contribution in [0, 0.1) is 0 Å². The first-order valence-corrected chi connectivity index (χ1v) is 13.3. The van der Waals surface area contributed by atoms with Gasteiger partial charge in [0, 0.05) is 0 Å². The maximum absolute atomic E-state index is 11.7. The minimum absolute atomic E-state index is 0.0397. The summed E-state index contributed by atoms with van der Waals surface area (Å²) in [6.45, 7) is 1.82. The van der Waals surface area contributed by atoms with Crippen molar-refractivity contribution in [2.24, 2.45) is 0 Å². The molecule has 7 rings (SSSR count). The highest BCUT2D eigenvalue weighted by Gasteiger charge is 2.25. The topological polar surface area (TPSA) is 77.7 Å². The van der Waals surface area contributed by atoms with E-state index >= 15 is 0 Å². The van der Waals surface area contributed by atoms with Crippen molar-refractivity contribution in [3.05, 3.63) is 95.1 Å². The van der Waals surface area contributed by atoms with E-state index in [0.29, 0.717) is 24.3 Å². The molecule has 0 N–H and O–H groups in total.